The fourth-order valence-corrected chi connectivity index (χ4v) is 4.93. The van der Waals surface area contributed by atoms with Crippen LogP contribution in [-0.2, 0) is 24.7 Å². The summed E-state index contributed by atoms with van der Waals surface area (Å²) in [6.45, 7) is 2.10. The Kier molecular flexibility index (Phi) is 8.29. The first-order valence-electron chi connectivity index (χ1n) is 6.42. The summed E-state index contributed by atoms with van der Waals surface area (Å²) in [7, 11) is -7.43. The average molecular weight is 329 g/mol. The Morgan fingerprint density at radius 2 is 1.75 bits per heavy atom. The number of aliphatic carboxylic acids is 1. The van der Waals surface area contributed by atoms with E-state index in [0.717, 1.165) is 19.1 Å². The quantitative estimate of drug-likeness (QED) is 0.572. The Hall–Kier alpha value is -0.670. The minimum absolute atomic E-state index is 0.0563. The van der Waals surface area contributed by atoms with Gasteiger partial charge in [0.2, 0.25) is 10.0 Å². The molecule has 0 aliphatic heterocycles. The molecule has 9 heteroatoms. The molecule has 2 N–H and O–H groups in total. The molecule has 0 rings (SSSR count). The van der Waals surface area contributed by atoms with E-state index in [2.05, 4.69) is 4.72 Å². The number of carbonyl (C=O) groups is 1. The lowest BCUT2D eigenvalue weighted by atomic mass is 9.95. The molecule has 0 fully saturated rings. The molecular formula is C11H23NO6S2. The molecule has 0 aliphatic rings. The van der Waals surface area contributed by atoms with E-state index < -0.39 is 30.9 Å². The van der Waals surface area contributed by atoms with Gasteiger partial charge in [-0.1, -0.05) is 19.8 Å². The second-order valence-electron chi connectivity index (χ2n) is 4.93. The molecule has 0 radical (unpaired) electrons. The van der Waals surface area contributed by atoms with Crippen LogP contribution in [0.25, 0.3) is 0 Å². The van der Waals surface area contributed by atoms with Gasteiger partial charge in [0.1, 0.15) is 0 Å². The number of hydrogen-bond donors (Lipinski definition) is 2. The third kappa shape index (κ3) is 11.2. The maximum atomic E-state index is 11.5. The SMILES string of the molecule is CCCC(CCNS(=O)(=O)CS(C)(=O)=O)CCC(=O)O. The maximum Gasteiger partial charge on any atom is 0.303 e. The number of rotatable bonds is 11. The molecule has 7 nitrogen and oxygen atoms in total. The summed E-state index contributed by atoms with van der Waals surface area (Å²) >= 11 is 0. The summed E-state index contributed by atoms with van der Waals surface area (Å²) in [5.41, 5.74) is 0. The van der Waals surface area contributed by atoms with E-state index in [1.807, 2.05) is 6.92 Å². The molecular weight excluding hydrogens is 306 g/mol. The van der Waals surface area contributed by atoms with Crippen molar-refractivity contribution in [2.24, 2.45) is 5.92 Å². The van der Waals surface area contributed by atoms with Crippen LogP contribution in [0.5, 0.6) is 0 Å². The maximum absolute atomic E-state index is 11.5. The molecule has 0 saturated heterocycles. The molecule has 0 heterocycles. The summed E-state index contributed by atoms with van der Waals surface area (Å²) in [6, 6.07) is 0. The number of hydrogen-bond acceptors (Lipinski definition) is 5. The highest BCUT2D eigenvalue weighted by Crippen LogP contribution is 2.17. The molecule has 0 aromatic rings. The fourth-order valence-electron chi connectivity index (χ4n) is 1.91. The predicted octanol–water partition coefficient (Wildman–Crippen LogP) is 0.579. The van der Waals surface area contributed by atoms with Crippen molar-refractivity contribution in [3.63, 3.8) is 0 Å². The van der Waals surface area contributed by atoms with E-state index in [9.17, 15) is 21.6 Å². The third-order valence-corrected chi connectivity index (χ3v) is 6.30. The van der Waals surface area contributed by atoms with Gasteiger partial charge in [-0.3, -0.25) is 4.79 Å². The molecule has 0 bridgehead atoms. The van der Waals surface area contributed by atoms with E-state index in [1.165, 1.54) is 0 Å². The zero-order valence-electron chi connectivity index (χ0n) is 11.8. The van der Waals surface area contributed by atoms with Crippen molar-refractivity contribution >= 4 is 25.8 Å². The molecule has 120 valence electrons. The Morgan fingerprint density at radius 1 is 1.15 bits per heavy atom. The Balaban J connectivity index is 4.25. The van der Waals surface area contributed by atoms with Gasteiger partial charge >= 0.3 is 5.97 Å². The summed E-state index contributed by atoms with van der Waals surface area (Å²) in [4.78, 5) is 10.5. The van der Waals surface area contributed by atoms with Gasteiger partial charge in [-0.15, -0.1) is 0 Å². The molecule has 0 aliphatic carbocycles. The molecule has 0 aromatic heterocycles. The third-order valence-electron chi connectivity index (χ3n) is 2.71. The summed E-state index contributed by atoms with van der Waals surface area (Å²) in [6.07, 6.45) is 3.63. The van der Waals surface area contributed by atoms with Gasteiger partial charge < -0.3 is 5.11 Å². The first-order valence-corrected chi connectivity index (χ1v) is 10.1. The van der Waals surface area contributed by atoms with Gasteiger partial charge in [-0.2, -0.15) is 0 Å². The number of sulfone groups is 1. The zero-order valence-corrected chi connectivity index (χ0v) is 13.5. The van der Waals surface area contributed by atoms with Gasteiger partial charge in [0.25, 0.3) is 0 Å². The Labute approximate surface area is 120 Å². The number of sulfonamides is 1. The van der Waals surface area contributed by atoms with Crippen LogP contribution >= 0.6 is 0 Å². The van der Waals surface area contributed by atoms with Crippen LogP contribution in [0.2, 0.25) is 0 Å². The van der Waals surface area contributed by atoms with Crippen LogP contribution in [-0.4, -0.2) is 45.8 Å². The van der Waals surface area contributed by atoms with E-state index >= 15 is 0 Å². The first kappa shape index (κ1) is 19.3. The summed E-state index contributed by atoms with van der Waals surface area (Å²) < 4.78 is 47.1. The lowest BCUT2D eigenvalue weighted by Crippen LogP contribution is -2.31. The predicted molar refractivity (Wildman–Crippen MR) is 76.5 cm³/mol. The van der Waals surface area contributed by atoms with Gasteiger partial charge in [0.15, 0.2) is 14.9 Å². The van der Waals surface area contributed by atoms with Crippen molar-refractivity contribution in [3.05, 3.63) is 0 Å². The summed E-state index contributed by atoms with van der Waals surface area (Å²) in [5.74, 6) is -0.749. The minimum atomic E-state index is -3.84. The first-order chi connectivity index (χ1) is 9.06. The number of carboxylic acids is 1. The molecule has 0 saturated carbocycles. The van der Waals surface area contributed by atoms with Crippen LogP contribution in [0.15, 0.2) is 0 Å². The second kappa shape index (κ2) is 8.58. The van der Waals surface area contributed by atoms with E-state index in [-0.39, 0.29) is 18.9 Å². The van der Waals surface area contributed by atoms with E-state index in [0.29, 0.717) is 12.8 Å². The van der Waals surface area contributed by atoms with Crippen molar-refractivity contribution in [2.75, 3.05) is 17.9 Å². The van der Waals surface area contributed by atoms with Gasteiger partial charge in [0, 0.05) is 19.2 Å². The topological polar surface area (TPSA) is 118 Å². The smallest absolute Gasteiger partial charge is 0.303 e. The monoisotopic (exact) mass is 329 g/mol. The Bertz CT molecular complexity index is 497. The highest BCUT2D eigenvalue weighted by Gasteiger charge is 2.18. The lowest BCUT2D eigenvalue weighted by molar-refractivity contribution is -0.137. The van der Waals surface area contributed by atoms with Crippen LogP contribution in [0, 0.1) is 5.92 Å². The van der Waals surface area contributed by atoms with Crippen LogP contribution in [0.4, 0.5) is 0 Å². The average Bonchev–Trinajstić information content (AvgIpc) is 2.22. The van der Waals surface area contributed by atoms with Crippen LogP contribution in [0.1, 0.15) is 39.0 Å². The molecule has 0 spiro atoms. The van der Waals surface area contributed by atoms with Crippen molar-refractivity contribution in [2.45, 2.75) is 39.0 Å². The minimum Gasteiger partial charge on any atom is -0.481 e. The van der Waals surface area contributed by atoms with Crippen molar-refractivity contribution in [1.29, 1.82) is 0 Å². The van der Waals surface area contributed by atoms with Gasteiger partial charge in [0.05, 0.1) is 0 Å². The zero-order chi connectivity index (χ0) is 15.8. The molecule has 20 heavy (non-hydrogen) atoms. The second-order valence-corrected chi connectivity index (χ2v) is 9.24. The highest BCUT2D eigenvalue weighted by molar-refractivity contribution is 8.06. The lowest BCUT2D eigenvalue weighted by Gasteiger charge is -2.15. The van der Waals surface area contributed by atoms with Crippen molar-refractivity contribution < 1.29 is 26.7 Å². The molecule has 0 aromatic carbocycles. The van der Waals surface area contributed by atoms with E-state index in [1.54, 1.807) is 0 Å². The van der Waals surface area contributed by atoms with Crippen molar-refractivity contribution in [3.8, 4) is 0 Å². The molecule has 0 amide bonds. The van der Waals surface area contributed by atoms with Crippen LogP contribution < -0.4 is 4.72 Å². The molecule has 1 atom stereocenters. The molecule has 1 unspecified atom stereocenters. The van der Waals surface area contributed by atoms with Gasteiger partial charge in [-0.05, 0) is 18.8 Å². The summed E-state index contributed by atoms with van der Waals surface area (Å²) in [5, 5.41) is 7.71. The normalized spacial score (nSPS) is 14.1. The van der Waals surface area contributed by atoms with E-state index in [4.69, 9.17) is 5.11 Å². The fraction of sp³-hybridized carbons (Fsp3) is 0.909. The number of carboxylic acid groups (broad SMARTS) is 1. The van der Waals surface area contributed by atoms with Crippen molar-refractivity contribution in [1.82, 2.24) is 4.72 Å². The standard InChI is InChI=1S/C11H23NO6S2/c1-3-4-10(5-6-11(13)14)7-8-12-20(17,18)9-19(2,15)16/h10,12H,3-9H2,1-2H3,(H,13,14). The number of nitrogens with one attached hydrogen (secondary N) is 1. The highest BCUT2D eigenvalue weighted by atomic mass is 32.3. The van der Waals surface area contributed by atoms with Crippen LogP contribution in [0.3, 0.4) is 0 Å². The Morgan fingerprint density at radius 3 is 2.20 bits per heavy atom. The van der Waals surface area contributed by atoms with Gasteiger partial charge in [-0.25, -0.2) is 21.6 Å². The largest absolute Gasteiger partial charge is 0.481 e.